The van der Waals surface area contributed by atoms with Crippen molar-refractivity contribution in [2.45, 2.75) is 6.10 Å². The minimum Gasteiger partial charge on any atom is -0.438 e. The highest BCUT2D eigenvalue weighted by atomic mass is 16.5. The van der Waals surface area contributed by atoms with E-state index in [1.165, 1.54) is 0 Å². The molecule has 0 aliphatic carbocycles. The lowest BCUT2D eigenvalue weighted by atomic mass is 10.1. The van der Waals surface area contributed by atoms with Crippen LogP contribution in [-0.4, -0.2) is 5.97 Å². The van der Waals surface area contributed by atoms with Gasteiger partial charge in [0, 0.05) is 5.56 Å². The molecule has 0 radical (unpaired) electrons. The summed E-state index contributed by atoms with van der Waals surface area (Å²) in [4.78, 5) is 11.8. The Morgan fingerprint density at radius 3 is 2.11 bits per heavy atom. The van der Waals surface area contributed by atoms with Gasteiger partial charge in [0.05, 0.1) is 5.56 Å². The van der Waals surface area contributed by atoms with Gasteiger partial charge in [0.1, 0.15) is 6.07 Å². The van der Waals surface area contributed by atoms with Crippen molar-refractivity contribution >= 4 is 5.97 Å². The molecule has 0 saturated carbocycles. The number of nitriles is 1. The Morgan fingerprint density at radius 1 is 1.00 bits per heavy atom. The molecule has 0 heterocycles. The Bertz CT molecular complexity index is 558. The SMILES string of the molecule is N#C[C@@H](OC(=O)c1ccccc1)c1ccccc1. The van der Waals surface area contributed by atoms with Gasteiger partial charge in [-0.2, -0.15) is 5.26 Å². The van der Waals surface area contributed by atoms with Crippen LogP contribution in [0.4, 0.5) is 0 Å². The lowest BCUT2D eigenvalue weighted by Gasteiger charge is -2.10. The van der Waals surface area contributed by atoms with E-state index < -0.39 is 12.1 Å². The zero-order chi connectivity index (χ0) is 12.8. The standard InChI is InChI=1S/C15H11NO2/c16-11-14(12-7-3-1-4-8-12)18-15(17)13-9-5-2-6-10-13/h1-10,14H/t14-/m1/s1. The van der Waals surface area contributed by atoms with Gasteiger partial charge in [-0.1, -0.05) is 48.5 Å². The van der Waals surface area contributed by atoms with E-state index in [2.05, 4.69) is 0 Å². The van der Waals surface area contributed by atoms with E-state index in [9.17, 15) is 4.79 Å². The molecule has 2 aromatic rings. The van der Waals surface area contributed by atoms with Crippen molar-refractivity contribution in [3.8, 4) is 6.07 Å². The van der Waals surface area contributed by atoms with Crippen LogP contribution in [0, 0.1) is 11.3 Å². The molecule has 2 aromatic carbocycles. The molecule has 3 nitrogen and oxygen atoms in total. The minimum atomic E-state index is -0.876. The first-order valence-electron chi connectivity index (χ1n) is 5.52. The van der Waals surface area contributed by atoms with Crippen LogP contribution in [0.15, 0.2) is 60.7 Å². The van der Waals surface area contributed by atoms with E-state index in [4.69, 9.17) is 10.00 Å². The molecule has 18 heavy (non-hydrogen) atoms. The molecular weight excluding hydrogens is 226 g/mol. The Balaban J connectivity index is 2.14. The predicted octanol–water partition coefficient (Wildman–Crippen LogP) is 3.11. The Hall–Kier alpha value is -2.60. The molecule has 0 aliphatic rings. The maximum absolute atomic E-state index is 11.8. The minimum absolute atomic E-state index is 0.439. The Labute approximate surface area is 105 Å². The maximum atomic E-state index is 11.8. The van der Waals surface area contributed by atoms with E-state index in [-0.39, 0.29) is 0 Å². The zero-order valence-electron chi connectivity index (χ0n) is 9.61. The summed E-state index contributed by atoms with van der Waals surface area (Å²) < 4.78 is 5.17. The lowest BCUT2D eigenvalue weighted by Crippen LogP contribution is -2.10. The van der Waals surface area contributed by atoms with Gasteiger partial charge >= 0.3 is 5.97 Å². The third-order valence-corrected chi connectivity index (χ3v) is 2.45. The molecule has 3 heteroatoms. The molecule has 0 aromatic heterocycles. The lowest BCUT2D eigenvalue weighted by molar-refractivity contribution is 0.0404. The molecule has 0 aliphatic heterocycles. The maximum Gasteiger partial charge on any atom is 0.339 e. The van der Waals surface area contributed by atoms with Crippen molar-refractivity contribution in [2.75, 3.05) is 0 Å². The molecule has 0 unspecified atom stereocenters. The van der Waals surface area contributed by atoms with Gasteiger partial charge in [0.25, 0.3) is 0 Å². The molecule has 0 N–H and O–H groups in total. The number of carbonyl (C=O) groups excluding carboxylic acids is 1. The quantitative estimate of drug-likeness (QED) is 0.770. The Morgan fingerprint density at radius 2 is 1.56 bits per heavy atom. The highest BCUT2D eigenvalue weighted by Crippen LogP contribution is 2.17. The van der Waals surface area contributed by atoms with Crippen molar-refractivity contribution in [2.24, 2.45) is 0 Å². The van der Waals surface area contributed by atoms with E-state index in [1.54, 1.807) is 48.5 Å². The van der Waals surface area contributed by atoms with Crippen molar-refractivity contribution in [1.82, 2.24) is 0 Å². The van der Waals surface area contributed by atoms with Crippen LogP contribution in [0.1, 0.15) is 22.0 Å². The molecule has 1 atom stereocenters. The van der Waals surface area contributed by atoms with Crippen molar-refractivity contribution in [3.05, 3.63) is 71.8 Å². The Kier molecular flexibility index (Phi) is 3.72. The zero-order valence-corrected chi connectivity index (χ0v) is 9.61. The first-order valence-corrected chi connectivity index (χ1v) is 5.52. The fraction of sp³-hybridized carbons (Fsp3) is 0.0667. The van der Waals surface area contributed by atoms with Gasteiger partial charge in [0.15, 0.2) is 0 Å². The number of hydrogen-bond donors (Lipinski definition) is 0. The summed E-state index contributed by atoms with van der Waals surface area (Å²) >= 11 is 0. The number of rotatable bonds is 3. The average Bonchev–Trinajstić information content (AvgIpc) is 2.46. The summed E-state index contributed by atoms with van der Waals surface area (Å²) in [7, 11) is 0. The second kappa shape index (κ2) is 5.65. The van der Waals surface area contributed by atoms with Crippen LogP contribution >= 0.6 is 0 Å². The smallest absolute Gasteiger partial charge is 0.339 e. The summed E-state index contributed by atoms with van der Waals surface area (Å²) in [6.45, 7) is 0. The second-order valence-electron chi connectivity index (χ2n) is 3.69. The second-order valence-corrected chi connectivity index (χ2v) is 3.69. The fourth-order valence-corrected chi connectivity index (χ4v) is 1.55. The van der Waals surface area contributed by atoms with Gasteiger partial charge in [0.2, 0.25) is 6.10 Å². The third kappa shape index (κ3) is 2.74. The third-order valence-electron chi connectivity index (χ3n) is 2.45. The summed E-state index contributed by atoms with van der Waals surface area (Å²) in [5, 5.41) is 9.05. The highest BCUT2D eigenvalue weighted by molar-refractivity contribution is 5.89. The largest absolute Gasteiger partial charge is 0.438 e. The van der Waals surface area contributed by atoms with Gasteiger partial charge in [-0.3, -0.25) is 0 Å². The van der Waals surface area contributed by atoms with E-state index in [1.807, 2.05) is 18.2 Å². The van der Waals surface area contributed by atoms with Crippen molar-refractivity contribution in [1.29, 1.82) is 5.26 Å². The molecule has 0 amide bonds. The van der Waals surface area contributed by atoms with E-state index in [0.717, 1.165) is 0 Å². The fourth-order valence-electron chi connectivity index (χ4n) is 1.55. The summed E-state index contributed by atoms with van der Waals surface area (Å²) in [5.41, 5.74) is 1.11. The number of benzene rings is 2. The average molecular weight is 237 g/mol. The number of esters is 1. The van der Waals surface area contributed by atoms with Crippen LogP contribution in [0.2, 0.25) is 0 Å². The van der Waals surface area contributed by atoms with Crippen LogP contribution in [0.5, 0.6) is 0 Å². The molecule has 2 rings (SSSR count). The summed E-state index contributed by atoms with van der Waals surface area (Å²) in [5.74, 6) is -0.494. The first-order chi connectivity index (χ1) is 8.81. The summed E-state index contributed by atoms with van der Waals surface area (Å²) in [6, 6.07) is 19.6. The molecule has 0 bridgehead atoms. The number of nitrogens with zero attached hydrogens (tertiary/aromatic N) is 1. The molecule has 0 spiro atoms. The first kappa shape index (κ1) is 11.9. The topological polar surface area (TPSA) is 50.1 Å². The van der Waals surface area contributed by atoms with Gasteiger partial charge in [-0.05, 0) is 12.1 Å². The molecule has 0 saturated heterocycles. The molecular formula is C15H11NO2. The predicted molar refractivity (Wildman–Crippen MR) is 66.7 cm³/mol. The van der Waals surface area contributed by atoms with E-state index in [0.29, 0.717) is 11.1 Å². The van der Waals surface area contributed by atoms with Crippen LogP contribution in [0.3, 0.4) is 0 Å². The molecule has 88 valence electrons. The highest BCUT2D eigenvalue weighted by Gasteiger charge is 2.16. The van der Waals surface area contributed by atoms with Gasteiger partial charge in [-0.15, -0.1) is 0 Å². The number of ether oxygens (including phenoxy) is 1. The van der Waals surface area contributed by atoms with Gasteiger partial charge in [-0.25, -0.2) is 4.79 Å². The van der Waals surface area contributed by atoms with Crippen molar-refractivity contribution < 1.29 is 9.53 Å². The van der Waals surface area contributed by atoms with Crippen molar-refractivity contribution in [3.63, 3.8) is 0 Å². The van der Waals surface area contributed by atoms with Crippen LogP contribution < -0.4 is 0 Å². The number of hydrogen-bond acceptors (Lipinski definition) is 3. The number of carbonyl (C=O) groups is 1. The van der Waals surface area contributed by atoms with Crippen LogP contribution in [0.25, 0.3) is 0 Å². The van der Waals surface area contributed by atoms with Crippen LogP contribution in [-0.2, 0) is 4.74 Å². The van der Waals surface area contributed by atoms with E-state index >= 15 is 0 Å². The summed E-state index contributed by atoms with van der Waals surface area (Å²) in [6.07, 6.45) is -0.876. The normalized spacial score (nSPS) is 11.3. The molecule has 0 fully saturated rings. The monoisotopic (exact) mass is 237 g/mol. The van der Waals surface area contributed by atoms with Gasteiger partial charge < -0.3 is 4.74 Å².